The van der Waals surface area contributed by atoms with Crippen molar-refractivity contribution in [2.75, 3.05) is 41.3 Å². The van der Waals surface area contributed by atoms with Gasteiger partial charge in [-0.15, -0.1) is 32.8 Å². The van der Waals surface area contributed by atoms with Crippen LogP contribution in [-0.4, -0.2) is 62.6 Å². The lowest BCUT2D eigenvalue weighted by atomic mass is 9.19. The molecule has 2 heterocycles. The monoisotopic (exact) mass is 752 g/mol. The van der Waals surface area contributed by atoms with Gasteiger partial charge in [-0.3, -0.25) is 0 Å². The summed E-state index contributed by atoms with van der Waals surface area (Å²) in [5.41, 5.74) is 16.6. The van der Waals surface area contributed by atoms with Crippen molar-refractivity contribution in [2.45, 2.75) is 12.8 Å². The molecule has 0 saturated carbocycles. The molecule has 2 aliphatic heterocycles. The van der Waals surface area contributed by atoms with Crippen LogP contribution in [0.1, 0.15) is 35.1 Å². The third kappa shape index (κ3) is 5.97. The van der Waals surface area contributed by atoms with E-state index in [0.717, 1.165) is 34.7 Å². The van der Waals surface area contributed by atoms with Gasteiger partial charge in [0.05, 0.1) is 0 Å². The third-order valence-electron chi connectivity index (χ3n) is 14.3. The Kier molecular flexibility index (Phi) is 9.80. The van der Waals surface area contributed by atoms with Crippen LogP contribution < -0.4 is 21.9 Å². The Balaban J connectivity index is 1.31. The second kappa shape index (κ2) is 15.1. The summed E-state index contributed by atoms with van der Waals surface area (Å²) in [6, 6.07) is 77.7. The number of nitrogens with zero attached hydrogens (tertiary/aromatic N) is 2. The molecular formula is C54H54B2N2. The Bertz CT molecular complexity index is 2300. The van der Waals surface area contributed by atoms with Gasteiger partial charge in [0, 0.05) is 54.1 Å². The molecule has 0 saturated heterocycles. The molecule has 0 spiro atoms. The lowest BCUT2D eigenvalue weighted by Gasteiger charge is -2.61. The molecule has 286 valence electrons. The molecule has 7 aromatic rings. The minimum Gasteiger partial charge on any atom is -0.508 e. The summed E-state index contributed by atoms with van der Waals surface area (Å²) in [6.07, 6.45) is -0.892. The normalized spacial score (nSPS) is 18.1. The summed E-state index contributed by atoms with van der Waals surface area (Å²) < 4.78 is 1.76. The standard InChI is InChI=1S/C54H54B2N2/c1-57(2)41-39-51(53(45-23-11-5-12-24-45)55(57,47-27-15-7-16-28-47)48-29-17-8-18-30-48)43-35-37-44(38-36-43)52-40-42-58(3,4)56(49-31-19-9-20-32-49,50-33-21-10-22-34-50)54(52)46-25-13-6-14-26-46/h5-38H,39-42H2,1-4H3. The zero-order chi connectivity index (χ0) is 39.8. The highest BCUT2D eigenvalue weighted by Gasteiger charge is 2.52. The van der Waals surface area contributed by atoms with E-state index in [4.69, 9.17) is 0 Å². The molecule has 0 N–H and O–H groups in total. The molecule has 58 heavy (non-hydrogen) atoms. The summed E-state index contributed by atoms with van der Waals surface area (Å²) in [5.74, 6) is 0. The molecule has 0 unspecified atom stereocenters. The van der Waals surface area contributed by atoms with Crippen molar-refractivity contribution in [3.8, 4) is 0 Å². The molecule has 0 aliphatic carbocycles. The first-order valence-corrected chi connectivity index (χ1v) is 21.2. The van der Waals surface area contributed by atoms with Crippen LogP contribution in [0.2, 0.25) is 0 Å². The first-order valence-electron chi connectivity index (χ1n) is 21.2. The summed E-state index contributed by atoms with van der Waals surface area (Å²) in [6.45, 7) is 2.07. The molecule has 0 bridgehead atoms. The van der Waals surface area contributed by atoms with Gasteiger partial charge in [-0.1, -0.05) is 229 Å². The predicted molar refractivity (Wildman–Crippen MR) is 252 cm³/mol. The van der Waals surface area contributed by atoms with E-state index >= 15 is 0 Å². The summed E-state index contributed by atoms with van der Waals surface area (Å²) in [5, 5.41) is 0. The maximum atomic E-state index is 2.46. The van der Waals surface area contributed by atoms with Crippen molar-refractivity contribution < 1.29 is 8.79 Å². The lowest BCUT2D eigenvalue weighted by molar-refractivity contribution is -0.786. The predicted octanol–water partition coefficient (Wildman–Crippen LogP) is 9.07. The van der Waals surface area contributed by atoms with E-state index in [-0.39, 0.29) is 0 Å². The first-order chi connectivity index (χ1) is 28.3. The molecule has 0 radical (unpaired) electrons. The SMILES string of the molecule is C[N+]1(C)CCC(c2ccc(C3=C(c4ccccc4)[B-](c4ccccc4)(c4ccccc4)[N+](C)(C)CC3)cc2)=C(c2ccccc2)[B-]1(c1ccccc1)c1ccccc1. The average Bonchev–Trinajstić information content (AvgIpc) is 3.27. The molecule has 2 aliphatic rings. The molecule has 9 rings (SSSR count). The summed E-state index contributed by atoms with van der Waals surface area (Å²) in [4.78, 5) is 0. The molecule has 4 heteroatoms. The maximum absolute atomic E-state index is 2.46. The van der Waals surface area contributed by atoms with Crippen LogP contribution in [0.3, 0.4) is 0 Å². The Morgan fingerprint density at radius 3 is 0.793 bits per heavy atom. The van der Waals surface area contributed by atoms with E-state index in [0.29, 0.717) is 0 Å². The van der Waals surface area contributed by atoms with Gasteiger partial charge in [0.1, 0.15) is 0 Å². The van der Waals surface area contributed by atoms with Crippen molar-refractivity contribution in [3.05, 3.63) is 229 Å². The van der Waals surface area contributed by atoms with Crippen LogP contribution in [0.4, 0.5) is 0 Å². The minimum atomic E-state index is -1.44. The van der Waals surface area contributed by atoms with Gasteiger partial charge in [-0.05, 0) is 11.1 Å². The fraction of sp³-hybridized carbons (Fsp3) is 0.148. The molecule has 0 atom stereocenters. The van der Waals surface area contributed by atoms with Crippen molar-refractivity contribution in [1.29, 1.82) is 0 Å². The Morgan fingerprint density at radius 2 is 0.534 bits per heavy atom. The number of rotatable bonds is 8. The fourth-order valence-electron chi connectivity index (χ4n) is 11.8. The topological polar surface area (TPSA) is 0 Å². The van der Waals surface area contributed by atoms with Gasteiger partial charge in [0.15, 0.2) is 0 Å². The van der Waals surface area contributed by atoms with E-state index in [1.807, 2.05) is 0 Å². The second-order valence-corrected chi connectivity index (χ2v) is 17.9. The van der Waals surface area contributed by atoms with Crippen molar-refractivity contribution in [1.82, 2.24) is 0 Å². The van der Waals surface area contributed by atoms with E-state index in [1.165, 1.54) is 66.2 Å². The molecule has 2 nitrogen and oxygen atoms in total. The number of hydrogen-bond donors (Lipinski definition) is 0. The second-order valence-electron chi connectivity index (χ2n) is 17.9. The van der Waals surface area contributed by atoms with Crippen LogP contribution in [0.25, 0.3) is 22.1 Å². The van der Waals surface area contributed by atoms with Crippen LogP contribution in [0.5, 0.6) is 0 Å². The van der Waals surface area contributed by atoms with Gasteiger partial charge in [0.2, 0.25) is 0 Å². The molecule has 0 amide bonds. The van der Waals surface area contributed by atoms with Gasteiger partial charge < -0.3 is 8.79 Å². The third-order valence-corrected chi connectivity index (χ3v) is 14.3. The highest BCUT2D eigenvalue weighted by molar-refractivity contribution is 7.12. The zero-order valence-corrected chi connectivity index (χ0v) is 34.5. The lowest BCUT2D eigenvalue weighted by Crippen LogP contribution is -2.79. The van der Waals surface area contributed by atoms with E-state index in [9.17, 15) is 0 Å². The highest BCUT2D eigenvalue weighted by atomic mass is 15.3. The smallest absolute Gasteiger partial charge is 0.291 e. The first kappa shape index (κ1) is 37.6. The Morgan fingerprint density at radius 1 is 0.293 bits per heavy atom. The highest BCUT2D eigenvalue weighted by Crippen LogP contribution is 2.46. The van der Waals surface area contributed by atoms with Crippen molar-refractivity contribution in [2.24, 2.45) is 0 Å². The summed E-state index contributed by atoms with van der Waals surface area (Å²) >= 11 is 0. The minimum absolute atomic E-state index is 0.879. The van der Waals surface area contributed by atoms with E-state index in [1.54, 1.807) is 0 Å². The van der Waals surface area contributed by atoms with Crippen LogP contribution in [0, 0.1) is 0 Å². The van der Waals surface area contributed by atoms with Gasteiger partial charge in [-0.2, -0.15) is 0 Å². The van der Waals surface area contributed by atoms with Crippen LogP contribution in [0.15, 0.2) is 206 Å². The molecule has 0 aromatic heterocycles. The zero-order valence-electron chi connectivity index (χ0n) is 34.5. The Hall–Kier alpha value is -5.93. The number of benzene rings is 7. The van der Waals surface area contributed by atoms with Gasteiger partial charge in [0.25, 0.3) is 12.6 Å². The van der Waals surface area contributed by atoms with Crippen LogP contribution >= 0.6 is 0 Å². The summed E-state index contributed by atoms with van der Waals surface area (Å²) in [7, 11) is 9.82. The molecular weight excluding hydrogens is 698 g/mol. The maximum Gasteiger partial charge on any atom is 0.291 e. The number of quaternary nitrogens is 2. The van der Waals surface area contributed by atoms with Crippen molar-refractivity contribution in [3.63, 3.8) is 0 Å². The molecule has 7 aromatic carbocycles. The average molecular weight is 753 g/mol. The van der Waals surface area contributed by atoms with E-state index in [2.05, 4.69) is 234 Å². The van der Waals surface area contributed by atoms with Crippen molar-refractivity contribution >= 4 is 56.5 Å². The Labute approximate surface area is 346 Å². The number of hydrogen-bond acceptors (Lipinski definition) is 0. The van der Waals surface area contributed by atoms with Crippen LogP contribution in [-0.2, 0) is 0 Å². The largest absolute Gasteiger partial charge is 0.508 e. The molecule has 0 fully saturated rings. The van der Waals surface area contributed by atoms with E-state index < -0.39 is 12.6 Å². The quantitative estimate of drug-likeness (QED) is 0.136. The van der Waals surface area contributed by atoms with Gasteiger partial charge in [-0.25, -0.2) is 0 Å². The fourth-order valence-corrected chi connectivity index (χ4v) is 11.8. The van der Waals surface area contributed by atoms with Gasteiger partial charge >= 0.3 is 0 Å².